The number of hydrogen-bond donors (Lipinski definition) is 2. The molecule has 0 rings (SSSR count). The number of nitrogens with two attached hydrogens (primary N) is 2. The first-order valence-corrected chi connectivity index (χ1v) is 3.64. The molecule has 4 N–H and O–H groups in total. The molecule has 0 bridgehead atoms. The Morgan fingerprint density at radius 1 is 1.33 bits per heavy atom. The van der Waals surface area contributed by atoms with Crippen LogP contribution in [0.4, 0.5) is 0 Å². The van der Waals surface area contributed by atoms with Gasteiger partial charge in [-0.2, -0.15) is 0 Å². The molecule has 0 heterocycles. The van der Waals surface area contributed by atoms with Gasteiger partial charge in [-0.25, -0.2) is 0 Å². The molecule has 0 saturated heterocycles. The van der Waals surface area contributed by atoms with Crippen molar-refractivity contribution < 1.29 is 5.41 Å². The van der Waals surface area contributed by atoms with Gasteiger partial charge < -0.3 is 0 Å². The number of unbranched alkanes of at least 4 members (excludes halogenated alkanes) is 3. The molecule has 0 aromatic heterocycles. The van der Waals surface area contributed by atoms with Crippen LogP contribution >= 0.6 is 0 Å². The molecule has 0 aromatic carbocycles. The third-order valence-electron chi connectivity index (χ3n) is 1.32. The van der Waals surface area contributed by atoms with Crippen molar-refractivity contribution in [3.8, 4) is 0 Å². The Hall–Kier alpha value is -0.530. The van der Waals surface area contributed by atoms with Gasteiger partial charge in [0.05, 0.1) is 0 Å². The molecule has 54 valence electrons. The Kier molecular flexibility index (Phi) is 5.27. The minimum absolute atomic E-state index is 0.575. The molecule has 0 amide bonds. The fourth-order valence-electron chi connectivity index (χ4n) is 0.756. The molecule has 2 nitrogen and oxygen atoms in total. The molecule has 0 spiro atoms. The van der Waals surface area contributed by atoms with Gasteiger partial charge in [-0.05, 0) is 6.42 Å². The second-order valence-corrected chi connectivity index (χ2v) is 2.39. The zero-order valence-electron chi connectivity index (χ0n) is 6.19. The highest BCUT2D eigenvalue weighted by Crippen LogP contribution is 2.00. The summed E-state index contributed by atoms with van der Waals surface area (Å²) in [5, 5.41) is 5.27. The Labute approximate surface area is 57.0 Å². The Morgan fingerprint density at radius 3 is 2.44 bits per heavy atom. The predicted octanol–water partition coefficient (Wildman–Crippen LogP) is 0.0731. The van der Waals surface area contributed by atoms with Crippen molar-refractivity contribution in [1.82, 2.24) is 0 Å². The van der Waals surface area contributed by atoms with Gasteiger partial charge in [-0.3, -0.25) is 11.1 Å². The van der Waals surface area contributed by atoms with Crippen molar-refractivity contribution in [2.45, 2.75) is 39.0 Å². The summed E-state index contributed by atoms with van der Waals surface area (Å²) in [5.74, 6) is 0.575. The van der Waals surface area contributed by atoms with Crippen LogP contribution in [0, 0.1) is 0 Å². The van der Waals surface area contributed by atoms with Crippen LogP contribution in [0.25, 0.3) is 0 Å². The summed E-state index contributed by atoms with van der Waals surface area (Å²) < 4.78 is 0. The molecule has 0 aromatic rings. The predicted molar refractivity (Wildman–Crippen MR) is 39.9 cm³/mol. The normalized spacial score (nSPS) is 9.44. The van der Waals surface area contributed by atoms with E-state index in [0.29, 0.717) is 5.84 Å². The largest absolute Gasteiger partial charge is 0.291 e. The van der Waals surface area contributed by atoms with E-state index >= 15 is 0 Å². The molecule has 0 aliphatic heterocycles. The summed E-state index contributed by atoms with van der Waals surface area (Å²) >= 11 is 0. The number of rotatable bonds is 5. The third kappa shape index (κ3) is 7.47. The lowest BCUT2D eigenvalue weighted by molar-refractivity contribution is -0.118. The van der Waals surface area contributed by atoms with Crippen molar-refractivity contribution in [3.05, 3.63) is 0 Å². The Bertz CT molecular complexity index is 79.0. The summed E-state index contributed by atoms with van der Waals surface area (Å²) in [6.45, 7) is 2.19. The summed E-state index contributed by atoms with van der Waals surface area (Å²) in [5.41, 5.74) is 5.27. The van der Waals surface area contributed by atoms with Gasteiger partial charge in [0.25, 0.3) is 0 Å². The van der Waals surface area contributed by atoms with Crippen LogP contribution in [0.2, 0.25) is 0 Å². The molecule has 9 heavy (non-hydrogen) atoms. The average molecular weight is 129 g/mol. The maximum atomic E-state index is 5.27. The lowest BCUT2D eigenvalue weighted by atomic mass is 10.1. The quantitative estimate of drug-likeness (QED) is 0.308. The Morgan fingerprint density at radius 2 is 2.00 bits per heavy atom. The minimum Gasteiger partial charge on any atom is -0.291 e. The monoisotopic (exact) mass is 129 g/mol. The molecule has 0 unspecified atom stereocenters. The van der Waals surface area contributed by atoms with Crippen molar-refractivity contribution in [1.29, 1.82) is 0 Å². The summed E-state index contributed by atoms with van der Waals surface area (Å²) in [4.78, 5) is 0. The first-order valence-electron chi connectivity index (χ1n) is 3.64. The third-order valence-corrected chi connectivity index (χ3v) is 1.32. The van der Waals surface area contributed by atoms with Gasteiger partial charge >= 0.3 is 0 Å². The highest BCUT2D eigenvalue weighted by molar-refractivity contribution is 5.73. The fourth-order valence-corrected chi connectivity index (χ4v) is 0.756. The first-order chi connectivity index (χ1) is 4.27. The van der Waals surface area contributed by atoms with Gasteiger partial charge in [-0.1, -0.05) is 26.2 Å². The molecule has 0 aliphatic carbocycles. The summed E-state index contributed by atoms with van der Waals surface area (Å²) in [7, 11) is 0. The molecule has 0 saturated carbocycles. The standard InChI is InChI=1S/C7H16N2/c1-2-3-4-5-6-7(8)9/h2-6H2,1H3,(H3,8,9)/p+1. The number of hydrogen-bond acceptors (Lipinski definition) is 0. The summed E-state index contributed by atoms with van der Waals surface area (Å²) in [6, 6.07) is 0. The zero-order chi connectivity index (χ0) is 7.11. The van der Waals surface area contributed by atoms with E-state index in [9.17, 15) is 0 Å². The van der Waals surface area contributed by atoms with Gasteiger partial charge in [0.15, 0.2) is 0 Å². The van der Waals surface area contributed by atoms with Crippen LogP contribution in [0.1, 0.15) is 39.0 Å². The zero-order valence-corrected chi connectivity index (χ0v) is 6.19. The van der Waals surface area contributed by atoms with Crippen LogP contribution in [-0.2, 0) is 0 Å². The molecular formula is C7H17N2+. The lowest BCUT2D eigenvalue weighted by Gasteiger charge is -1.92. The number of amidine groups is 1. The summed E-state index contributed by atoms with van der Waals surface area (Å²) in [6.07, 6.45) is 5.86. The molecule has 0 aliphatic rings. The van der Waals surface area contributed by atoms with E-state index in [0.717, 1.165) is 12.8 Å². The van der Waals surface area contributed by atoms with Crippen LogP contribution < -0.4 is 11.1 Å². The topological polar surface area (TPSA) is 51.6 Å². The maximum absolute atomic E-state index is 5.27. The Balaban J connectivity index is 2.83. The molecule has 0 radical (unpaired) electrons. The highest BCUT2D eigenvalue weighted by Gasteiger charge is 1.93. The van der Waals surface area contributed by atoms with E-state index in [1.165, 1.54) is 19.3 Å². The van der Waals surface area contributed by atoms with Crippen molar-refractivity contribution in [2.75, 3.05) is 0 Å². The second-order valence-electron chi connectivity index (χ2n) is 2.39. The van der Waals surface area contributed by atoms with Crippen molar-refractivity contribution >= 4 is 5.84 Å². The van der Waals surface area contributed by atoms with Gasteiger partial charge in [-0.15, -0.1) is 0 Å². The second kappa shape index (κ2) is 5.60. The van der Waals surface area contributed by atoms with Crippen LogP contribution in [-0.4, -0.2) is 5.84 Å². The molecule has 0 atom stereocenters. The van der Waals surface area contributed by atoms with Crippen molar-refractivity contribution in [2.24, 2.45) is 5.73 Å². The lowest BCUT2D eigenvalue weighted by Crippen LogP contribution is -2.45. The van der Waals surface area contributed by atoms with Gasteiger partial charge in [0.1, 0.15) is 0 Å². The van der Waals surface area contributed by atoms with Crippen molar-refractivity contribution in [3.63, 3.8) is 0 Å². The highest BCUT2D eigenvalue weighted by atomic mass is 14.7. The van der Waals surface area contributed by atoms with Gasteiger partial charge in [0.2, 0.25) is 5.84 Å². The van der Waals surface area contributed by atoms with E-state index in [-0.39, 0.29) is 0 Å². The average Bonchev–Trinajstić information content (AvgIpc) is 1.80. The molecule has 2 heteroatoms. The maximum Gasteiger partial charge on any atom is 0.238 e. The SMILES string of the molecule is CCCCCCC(N)=[NH2+]. The van der Waals surface area contributed by atoms with E-state index in [1.807, 2.05) is 0 Å². The van der Waals surface area contributed by atoms with Crippen LogP contribution in [0.5, 0.6) is 0 Å². The first kappa shape index (κ1) is 8.47. The van der Waals surface area contributed by atoms with E-state index in [4.69, 9.17) is 11.1 Å². The van der Waals surface area contributed by atoms with E-state index in [1.54, 1.807) is 0 Å². The fraction of sp³-hybridized carbons (Fsp3) is 0.857. The van der Waals surface area contributed by atoms with E-state index < -0.39 is 0 Å². The molecular weight excluding hydrogens is 112 g/mol. The van der Waals surface area contributed by atoms with Crippen LogP contribution in [0.3, 0.4) is 0 Å². The van der Waals surface area contributed by atoms with Gasteiger partial charge in [0, 0.05) is 6.42 Å². The van der Waals surface area contributed by atoms with E-state index in [2.05, 4.69) is 6.92 Å². The smallest absolute Gasteiger partial charge is 0.238 e. The minimum atomic E-state index is 0.575. The molecule has 0 fully saturated rings. The van der Waals surface area contributed by atoms with Crippen LogP contribution in [0.15, 0.2) is 0 Å².